The van der Waals surface area contributed by atoms with Crippen molar-refractivity contribution in [3.63, 3.8) is 0 Å². The summed E-state index contributed by atoms with van der Waals surface area (Å²) in [5.41, 5.74) is 10.5. The van der Waals surface area contributed by atoms with E-state index >= 15 is 0 Å². The summed E-state index contributed by atoms with van der Waals surface area (Å²) in [6.45, 7) is 10.9. The maximum atomic E-state index is 14.0. The van der Waals surface area contributed by atoms with Crippen LogP contribution in [0.5, 0.6) is 0 Å². The van der Waals surface area contributed by atoms with Crippen LogP contribution < -0.4 is 15.5 Å². The molecule has 6 heterocycles. The third kappa shape index (κ3) is 15.2. The average Bonchev–Trinajstić information content (AvgIpc) is 4.16. The Morgan fingerprint density at radius 2 is 1.11 bits per heavy atom. The van der Waals surface area contributed by atoms with Crippen molar-refractivity contribution >= 4 is 97.3 Å². The van der Waals surface area contributed by atoms with E-state index in [0.29, 0.717) is 73.2 Å². The molecule has 0 saturated carbocycles. The Morgan fingerprint density at radius 1 is 0.651 bits per heavy atom. The van der Waals surface area contributed by atoms with Gasteiger partial charge in [0.25, 0.3) is 5.69 Å². The van der Waals surface area contributed by atoms with Crippen molar-refractivity contribution in [1.82, 2.24) is 48.8 Å². The monoisotopic (exact) mass is 1250 g/mol. The molecule has 83 heavy (non-hydrogen) atoms. The van der Waals surface area contributed by atoms with Gasteiger partial charge < -0.3 is 43.9 Å². The van der Waals surface area contributed by atoms with E-state index < -0.39 is 16.4 Å². The number of nitrogens with one attached hydrogen (secondary N) is 2. The predicted octanol–water partition coefficient (Wildman–Crippen LogP) is 12.3. The Hall–Kier alpha value is -7.84. The molecule has 0 amide bonds. The van der Waals surface area contributed by atoms with Gasteiger partial charge >= 0.3 is 5.69 Å². The highest BCUT2D eigenvalue weighted by Crippen LogP contribution is 2.41. The number of rotatable bonds is 17. The zero-order chi connectivity index (χ0) is 57.9. The predicted molar refractivity (Wildman–Crippen MR) is 340 cm³/mol. The Morgan fingerprint density at radius 3 is 1.53 bits per heavy atom. The van der Waals surface area contributed by atoms with Crippen molar-refractivity contribution in [2.45, 2.75) is 53.9 Å². The van der Waals surface area contributed by atoms with Gasteiger partial charge in [-0.05, 0) is 114 Å². The summed E-state index contributed by atoms with van der Waals surface area (Å²) in [5, 5.41) is 31.4. The molecule has 0 fully saturated rings. The minimum Gasteiger partial charge on any atom is -0.377 e. The van der Waals surface area contributed by atoms with Crippen LogP contribution in [0.4, 0.5) is 44.7 Å². The molecular formula is C60H75FIN15O6. The van der Waals surface area contributed by atoms with Gasteiger partial charge in [-0.2, -0.15) is 14.4 Å². The summed E-state index contributed by atoms with van der Waals surface area (Å²) in [5.74, 6) is 0.620. The molecule has 0 bridgehead atoms. The van der Waals surface area contributed by atoms with Gasteiger partial charge in [-0.25, -0.2) is 19.9 Å². The first kappa shape index (κ1) is 64.3. The number of hydrogen-bond acceptors (Lipinski definition) is 17. The number of unbranched alkanes of at least 4 members (excludes halogenated alkanes) is 1. The molecular weight excluding hydrogens is 1170 g/mol. The van der Waals surface area contributed by atoms with Crippen LogP contribution in [-0.4, -0.2) is 140 Å². The minimum absolute atomic E-state index is 0. The van der Waals surface area contributed by atoms with E-state index in [-0.39, 0.29) is 48.0 Å². The molecule has 2 aliphatic heterocycles. The summed E-state index contributed by atoms with van der Waals surface area (Å²) in [4.78, 5) is 55.2. The van der Waals surface area contributed by atoms with E-state index in [1.54, 1.807) is 13.0 Å². The number of para-hydroxylation sites is 2. The van der Waals surface area contributed by atoms with Crippen LogP contribution in [-0.2, 0) is 23.6 Å². The maximum Gasteiger partial charge on any atom is 0.306 e. The summed E-state index contributed by atoms with van der Waals surface area (Å²) in [7, 11) is 14.1. The lowest BCUT2D eigenvalue weighted by molar-refractivity contribution is -0.387. The molecule has 0 atom stereocenters. The molecule has 4 aromatic carbocycles. The van der Waals surface area contributed by atoms with Gasteiger partial charge in [0.05, 0.1) is 70.2 Å². The van der Waals surface area contributed by atoms with Gasteiger partial charge in [-0.15, -0.1) is 24.0 Å². The Balaban J connectivity index is 0.000000236. The summed E-state index contributed by atoms with van der Waals surface area (Å²) < 4.78 is 29.3. The highest BCUT2D eigenvalue weighted by Gasteiger charge is 2.26. The quantitative estimate of drug-likeness (QED) is 0.0491. The number of aromatic nitrogens is 8. The third-order valence-electron chi connectivity index (χ3n) is 14.1. The maximum absolute atomic E-state index is 14.0. The largest absolute Gasteiger partial charge is 0.377 e. The lowest BCUT2D eigenvalue weighted by Crippen LogP contribution is -2.29. The number of anilines is 5. The van der Waals surface area contributed by atoms with Crippen LogP contribution in [0.2, 0.25) is 0 Å². The zero-order valence-electron chi connectivity index (χ0n) is 48.1. The molecule has 21 nitrogen and oxygen atoms in total. The van der Waals surface area contributed by atoms with Crippen LogP contribution in [0.25, 0.3) is 55.7 Å². The molecule has 0 unspecified atom stereocenters. The van der Waals surface area contributed by atoms with Gasteiger partial charge in [0.2, 0.25) is 17.7 Å². The van der Waals surface area contributed by atoms with Crippen LogP contribution in [0.15, 0.2) is 97.6 Å². The minimum atomic E-state index is -0.894. The topological polar surface area (TPSA) is 226 Å². The fraction of sp³-hybridized carbons (Fsp3) is 0.367. The number of fused-ring (bicyclic) bond motifs is 2. The van der Waals surface area contributed by atoms with Gasteiger partial charge in [0, 0.05) is 68.2 Å². The second-order valence-electron chi connectivity index (χ2n) is 20.4. The van der Waals surface area contributed by atoms with Crippen molar-refractivity contribution in [1.29, 1.82) is 0 Å². The summed E-state index contributed by atoms with van der Waals surface area (Å²) in [6, 6.07) is 21.9. The van der Waals surface area contributed by atoms with Crippen LogP contribution >= 0.6 is 24.0 Å². The number of hydrogen-bond donors (Lipinski definition) is 2. The van der Waals surface area contributed by atoms with E-state index in [1.165, 1.54) is 37.6 Å². The number of likely N-dealkylation sites (N-methyl/N-ethyl adjacent to an activating group) is 2. The van der Waals surface area contributed by atoms with Gasteiger partial charge in [-0.3, -0.25) is 20.2 Å². The van der Waals surface area contributed by atoms with Gasteiger partial charge in [-0.1, -0.05) is 69.3 Å². The van der Waals surface area contributed by atoms with E-state index in [2.05, 4.69) is 102 Å². The van der Waals surface area contributed by atoms with Crippen LogP contribution in [0, 0.1) is 39.9 Å². The van der Waals surface area contributed by atoms with Crippen LogP contribution in [0.3, 0.4) is 0 Å². The first-order valence-electron chi connectivity index (χ1n) is 26.8. The zero-order valence-corrected chi connectivity index (χ0v) is 50.4. The smallest absolute Gasteiger partial charge is 0.306 e. The van der Waals surface area contributed by atoms with Crippen molar-refractivity contribution in [3.05, 3.63) is 146 Å². The molecule has 8 aromatic rings. The van der Waals surface area contributed by atoms with Crippen LogP contribution in [0.1, 0.15) is 62.5 Å². The Labute approximate surface area is 501 Å². The molecule has 4 aromatic heterocycles. The van der Waals surface area contributed by atoms with Crippen molar-refractivity contribution < 1.29 is 23.7 Å². The Kier molecular flexibility index (Phi) is 22.8. The van der Waals surface area contributed by atoms with E-state index in [9.17, 15) is 24.6 Å². The number of halogens is 2. The summed E-state index contributed by atoms with van der Waals surface area (Å²) >= 11 is 0. The fourth-order valence-corrected chi connectivity index (χ4v) is 9.82. The molecule has 0 saturated heterocycles. The normalized spacial score (nSPS) is 13.0. The molecule has 0 spiro atoms. The van der Waals surface area contributed by atoms with Crippen molar-refractivity contribution in [2.24, 2.45) is 14.1 Å². The number of nitro benzene ring substituents is 2. The second kappa shape index (κ2) is 29.4. The third-order valence-corrected chi connectivity index (χ3v) is 14.1. The first-order chi connectivity index (χ1) is 38.9. The fourth-order valence-electron chi connectivity index (χ4n) is 9.82. The number of aryl methyl sites for hydroxylation is 4. The number of ether oxygens (including phenoxy) is 2. The number of nitro groups is 2. The highest BCUT2D eigenvalue weighted by atomic mass is 127. The molecule has 10 rings (SSSR count). The molecule has 2 N–H and O–H groups in total. The van der Waals surface area contributed by atoms with E-state index in [0.717, 1.165) is 87.0 Å². The van der Waals surface area contributed by atoms with E-state index in [4.69, 9.17) is 14.5 Å². The van der Waals surface area contributed by atoms with E-state index in [1.807, 2.05) is 87.4 Å². The Bertz CT molecular complexity index is 3640. The molecule has 0 aliphatic carbocycles. The van der Waals surface area contributed by atoms with Gasteiger partial charge in [0.15, 0.2) is 11.6 Å². The standard InChI is InChI=1S/C29H34N8O3.C24H21FN6O3.C6H15N.CH4.HI/c1-19-16-24(35(4)13-12-34(2)3)25(37(38)39)17-22(19)32-29-31-18-30-28(33-29)26-21-8-6-7-9-23(21)36(5)27(26)20-10-14-40-15-11-20;1-14-11-17(25)20(31(32)33)12-18(14)28-24-27-13-26-23(29-24)21-16-5-3-4-6-19(16)30(2)22(21)15-7-9-34-10-8-15;1-4-5-6-7(2)3;;/h6-10,16-18H,11-15H2,1-5H3,(H,30,31,32,33);3-7,11-13H,8-10H2,1-2H3,(H,26,27,28,29);4-6H2,1-3H3;1H4;1H. The number of benzene rings is 4. The first-order valence-corrected chi connectivity index (χ1v) is 26.8. The van der Waals surface area contributed by atoms with Crippen molar-refractivity contribution in [3.8, 4) is 22.8 Å². The summed E-state index contributed by atoms with van der Waals surface area (Å²) in [6.07, 6.45) is 11.2. The molecule has 0 radical (unpaired) electrons. The SMILES string of the molecule is C.CCCCN(C)C.Cc1cc(F)c([N+](=O)[O-])cc1Nc1ncnc(-c2c(C3=CCOCC3)n(C)c3ccccc23)n1.Cc1cc(N(C)CCN(C)C)c([N+](=O)[O-])cc1Nc1ncnc(-c2c(C3=CCOCC3)n(C)c3ccccc23)n1.I. The average molecular weight is 1250 g/mol. The molecule has 440 valence electrons. The lowest BCUT2D eigenvalue weighted by atomic mass is 10.0. The molecule has 2 aliphatic rings. The van der Waals surface area contributed by atoms with Gasteiger partial charge in [0.1, 0.15) is 18.3 Å². The highest BCUT2D eigenvalue weighted by molar-refractivity contribution is 14.0. The lowest BCUT2D eigenvalue weighted by Gasteiger charge is -2.22. The number of nitrogens with zero attached hydrogens (tertiary/aromatic N) is 13. The van der Waals surface area contributed by atoms with Crippen molar-refractivity contribution in [2.75, 3.05) is 96.8 Å². The second-order valence-corrected chi connectivity index (χ2v) is 20.4. The molecule has 23 heteroatoms.